The number of aliphatic hydroxyl groups excluding tert-OH is 1. The molecule has 4 nitrogen and oxygen atoms in total. The minimum atomic E-state index is -0.377. The van der Waals surface area contributed by atoms with Crippen molar-refractivity contribution in [2.24, 2.45) is 4.99 Å². The minimum Gasteiger partial charge on any atom is -0.497 e. The van der Waals surface area contributed by atoms with Crippen molar-refractivity contribution in [3.8, 4) is 5.75 Å². The predicted molar refractivity (Wildman–Crippen MR) is 67.9 cm³/mol. The first-order chi connectivity index (χ1) is 8.29. The van der Waals surface area contributed by atoms with E-state index in [9.17, 15) is 5.11 Å². The van der Waals surface area contributed by atoms with Crippen LogP contribution in [0.5, 0.6) is 5.75 Å². The Kier molecular flexibility index (Phi) is 4.12. The Balaban J connectivity index is 1.98. The lowest BCUT2D eigenvalue weighted by Gasteiger charge is -2.24. The minimum absolute atomic E-state index is 0.0124. The van der Waals surface area contributed by atoms with E-state index in [0.29, 0.717) is 6.54 Å². The summed E-state index contributed by atoms with van der Waals surface area (Å²) in [5.41, 5.74) is 1.02. The number of nitrogens with one attached hydrogen (secondary N) is 1. The molecule has 1 saturated heterocycles. The maximum absolute atomic E-state index is 9.73. The molecule has 0 aliphatic carbocycles. The van der Waals surface area contributed by atoms with Gasteiger partial charge in [-0.2, -0.15) is 0 Å². The standard InChI is InChI=1S/C13H18N2O2/c1-17-11-4-2-10(3-5-11)8-15-12-6-7-14-9-13(12)16/h2-5,8,12-14,16H,6-7,9H2,1H3/b15-8+/t12-,13-/m1/s1. The number of β-amino-alcohol motifs (C(OH)–C–C–N with tert-alkyl or cyclic N) is 1. The fraction of sp³-hybridized carbons (Fsp3) is 0.462. The van der Waals surface area contributed by atoms with Crippen LogP contribution in [0.3, 0.4) is 0 Å². The zero-order valence-corrected chi connectivity index (χ0v) is 9.97. The lowest BCUT2D eigenvalue weighted by atomic mass is 10.0. The molecule has 0 spiro atoms. The molecule has 92 valence electrons. The van der Waals surface area contributed by atoms with Crippen LogP contribution in [-0.4, -0.2) is 43.7 Å². The number of methoxy groups -OCH3 is 1. The van der Waals surface area contributed by atoms with Gasteiger partial charge in [0.2, 0.25) is 0 Å². The maximum Gasteiger partial charge on any atom is 0.118 e. The Bertz CT molecular complexity index is 376. The maximum atomic E-state index is 9.73. The second kappa shape index (κ2) is 5.80. The summed E-state index contributed by atoms with van der Waals surface area (Å²) in [6, 6.07) is 7.73. The van der Waals surface area contributed by atoms with Crippen molar-refractivity contribution in [2.75, 3.05) is 20.2 Å². The number of aliphatic hydroxyl groups is 1. The molecule has 1 aromatic carbocycles. The fourth-order valence-electron chi connectivity index (χ4n) is 1.87. The highest BCUT2D eigenvalue weighted by atomic mass is 16.5. The van der Waals surface area contributed by atoms with Gasteiger partial charge in [0.1, 0.15) is 5.75 Å². The molecule has 0 saturated carbocycles. The molecule has 17 heavy (non-hydrogen) atoms. The van der Waals surface area contributed by atoms with E-state index in [2.05, 4.69) is 10.3 Å². The van der Waals surface area contributed by atoms with Crippen molar-refractivity contribution in [1.82, 2.24) is 5.32 Å². The van der Waals surface area contributed by atoms with E-state index in [4.69, 9.17) is 4.74 Å². The van der Waals surface area contributed by atoms with Gasteiger partial charge in [0.25, 0.3) is 0 Å². The number of rotatable bonds is 3. The van der Waals surface area contributed by atoms with Crippen molar-refractivity contribution in [1.29, 1.82) is 0 Å². The van der Waals surface area contributed by atoms with Crippen molar-refractivity contribution in [3.05, 3.63) is 29.8 Å². The molecular weight excluding hydrogens is 216 g/mol. The Labute approximate surface area is 101 Å². The molecule has 4 heteroatoms. The summed E-state index contributed by atoms with van der Waals surface area (Å²) >= 11 is 0. The van der Waals surface area contributed by atoms with E-state index in [1.54, 1.807) is 7.11 Å². The van der Waals surface area contributed by atoms with E-state index in [0.717, 1.165) is 24.3 Å². The summed E-state index contributed by atoms with van der Waals surface area (Å²) < 4.78 is 5.09. The molecule has 1 aliphatic heterocycles. The quantitative estimate of drug-likeness (QED) is 0.762. The smallest absolute Gasteiger partial charge is 0.118 e. The van der Waals surface area contributed by atoms with Crippen LogP contribution in [-0.2, 0) is 0 Å². The molecule has 1 fully saturated rings. The second-order valence-electron chi connectivity index (χ2n) is 4.18. The predicted octanol–water partition coefficient (Wildman–Crippen LogP) is 0.837. The molecular formula is C13H18N2O2. The summed E-state index contributed by atoms with van der Waals surface area (Å²) in [5.74, 6) is 0.837. The van der Waals surface area contributed by atoms with Crippen LogP contribution < -0.4 is 10.1 Å². The SMILES string of the molecule is COc1ccc(/C=N/[C@@H]2CCNC[C@H]2O)cc1. The molecule has 1 aromatic rings. The average Bonchev–Trinajstić information content (AvgIpc) is 2.38. The first-order valence-electron chi connectivity index (χ1n) is 5.85. The molecule has 0 unspecified atom stereocenters. The number of aliphatic imine (C=N–C) groups is 1. The van der Waals surface area contributed by atoms with Crippen LogP contribution in [0.1, 0.15) is 12.0 Å². The van der Waals surface area contributed by atoms with Gasteiger partial charge in [0.05, 0.1) is 19.3 Å². The Morgan fingerprint density at radius 2 is 2.18 bits per heavy atom. The van der Waals surface area contributed by atoms with E-state index >= 15 is 0 Å². The molecule has 0 radical (unpaired) electrons. The number of benzene rings is 1. The van der Waals surface area contributed by atoms with Crippen LogP contribution in [0.15, 0.2) is 29.3 Å². The Morgan fingerprint density at radius 1 is 1.41 bits per heavy atom. The third kappa shape index (κ3) is 3.28. The van der Waals surface area contributed by atoms with E-state index in [1.807, 2.05) is 30.5 Å². The highest BCUT2D eigenvalue weighted by Crippen LogP contribution is 2.11. The molecule has 0 aromatic heterocycles. The molecule has 0 bridgehead atoms. The number of ether oxygens (including phenoxy) is 1. The summed E-state index contributed by atoms with van der Waals surface area (Å²) in [6.07, 6.45) is 2.32. The molecule has 1 heterocycles. The van der Waals surface area contributed by atoms with Crippen molar-refractivity contribution < 1.29 is 9.84 Å². The second-order valence-corrected chi connectivity index (χ2v) is 4.18. The lowest BCUT2D eigenvalue weighted by molar-refractivity contribution is 0.122. The zero-order chi connectivity index (χ0) is 12.1. The van der Waals surface area contributed by atoms with Crippen LogP contribution in [0.2, 0.25) is 0 Å². The molecule has 2 N–H and O–H groups in total. The molecule has 0 amide bonds. The van der Waals surface area contributed by atoms with Gasteiger partial charge < -0.3 is 15.2 Å². The summed E-state index contributed by atoms with van der Waals surface area (Å²) in [7, 11) is 1.65. The van der Waals surface area contributed by atoms with Crippen LogP contribution in [0.4, 0.5) is 0 Å². The van der Waals surface area contributed by atoms with Gasteiger partial charge in [-0.3, -0.25) is 4.99 Å². The summed E-state index contributed by atoms with van der Waals surface area (Å²) in [5, 5.41) is 12.9. The van der Waals surface area contributed by atoms with Crippen LogP contribution in [0.25, 0.3) is 0 Å². The lowest BCUT2D eigenvalue weighted by Crippen LogP contribution is -2.43. The third-order valence-electron chi connectivity index (χ3n) is 2.95. The molecule has 2 rings (SSSR count). The van der Waals surface area contributed by atoms with Crippen LogP contribution >= 0.6 is 0 Å². The summed E-state index contributed by atoms with van der Waals surface area (Å²) in [4.78, 5) is 4.43. The van der Waals surface area contributed by atoms with Crippen molar-refractivity contribution >= 4 is 6.21 Å². The fourth-order valence-corrected chi connectivity index (χ4v) is 1.87. The Morgan fingerprint density at radius 3 is 2.82 bits per heavy atom. The van der Waals surface area contributed by atoms with Crippen molar-refractivity contribution in [3.63, 3.8) is 0 Å². The van der Waals surface area contributed by atoms with Gasteiger partial charge in [-0.1, -0.05) is 0 Å². The average molecular weight is 234 g/mol. The van der Waals surface area contributed by atoms with Crippen LogP contribution in [0, 0.1) is 0 Å². The number of piperidine rings is 1. The summed E-state index contributed by atoms with van der Waals surface area (Å²) in [6.45, 7) is 1.55. The molecule has 2 atom stereocenters. The van der Waals surface area contributed by atoms with Gasteiger partial charge in [-0.25, -0.2) is 0 Å². The van der Waals surface area contributed by atoms with Gasteiger partial charge in [0.15, 0.2) is 0 Å². The number of hydrogen-bond acceptors (Lipinski definition) is 4. The number of nitrogens with zero attached hydrogens (tertiary/aromatic N) is 1. The molecule has 1 aliphatic rings. The highest BCUT2D eigenvalue weighted by Gasteiger charge is 2.20. The third-order valence-corrected chi connectivity index (χ3v) is 2.95. The largest absolute Gasteiger partial charge is 0.497 e. The highest BCUT2D eigenvalue weighted by molar-refractivity contribution is 5.79. The number of hydrogen-bond donors (Lipinski definition) is 2. The van der Waals surface area contributed by atoms with Gasteiger partial charge in [0, 0.05) is 12.8 Å². The zero-order valence-electron chi connectivity index (χ0n) is 9.97. The monoisotopic (exact) mass is 234 g/mol. The van der Waals surface area contributed by atoms with Crippen molar-refractivity contribution in [2.45, 2.75) is 18.6 Å². The topological polar surface area (TPSA) is 53.8 Å². The first kappa shape index (κ1) is 12.1. The van der Waals surface area contributed by atoms with E-state index < -0.39 is 0 Å². The first-order valence-corrected chi connectivity index (χ1v) is 5.85. The van der Waals surface area contributed by atoms with E-state index in [1.165, 1.54) is 0 Å². The van der Waals surface area contributed by atoms with Gasteiger partial charge in [-0.15, -0.1) is 0 Å². The van der Waals surface area contributed by atoms with Gasteiger partial charge in [-0.05, 0) is 42.8 Å². The van der Waals surface area contributed by atoms with Gasteiger partial charge >= 0.3 is 0 Å². The Hall–Kier alpha value is -1.39. The van der Waals surface area contributed by atoms with E-state index in [-0.39, 0.29) is 12.1 Å². The normalized spacial score (nSPS) is 25.1.